The van der Waals surface area contributed by atoms with E-state index in [-0.39, 0.29) is 17.4 Å². The molecule has 0 aliphatic rings. The van der Waals surface area contributed by atoms with Crippen LogP contribution in [0.4, 0.5) is 0 Å². The van der Waals surface area contributed by atoms with Gasteiger partial charge in [-0.3, -0.25) is 14.0 Å². The zero-order chi connectivity index (χ0) is 19.9. The summed E-state index contributed by atoms with van der Waals surface area (Å²) in [5.74, 6) is 1.57. The zero-order valence-electron chi connectivity index (χ0n) is 15.7. The van der Waals surface area contributed by atoms with E-state index in [1.165, 1.54) is 0 Å². The van der Waals surface area contributed by atoms with Crippen molar-refractivity contribution in [2.75, 3.05) is 12.9 Å². The summed E-state index contributed by atoms with van der Waals surface area (Å²) in [7, 11) is 0.214. The van der Waals surface area contributed by atoms with Crippen LogP contribution < -0.4 is 10.1 Å². The van der Waals surface area contributed by atoms with Crippen molar-refractivity contribution < 1.29 is 18.2 Å². The Morgan fingerprint density at radius 1 is 1.25 bits per heavy atom. The van der Waals surface area contributed by atoms with Crippen LogP contribution in [0.2, 0.25) is 0 Å². The second-order valence-electron chi connectivity index (χ2n) is 6.12. The third-order valence-corrected chi connectivity index (χ3v) is 5.21. The Bertz CT molecular complexity index is 955. The maximum Gasteiger partial charge on any atom is 0.232 e. The summed E-state index contributed by atoms with van der Waals surface area (Å²) in [6.07, 6.45) is 3.34. The first-order chi connectivity index (χ1) is 13.5. The topological polar surface area (TPSA) is 94.3 Å². The van der Waals surface area contributed by atoms with E-state index in [2.05, 4.69) is 15.3 Å². The molecular weight excluding hydrogens is 378 g/mol. The Kier molecular flexibility index (Phi) is 6.54. The van der Waals surface area contributed by atoms with Gasteiger partial charge in [0.2, 0.25) is 11.8 Å². The molecule has 0 aliphatic heterocycles. The van der Waals surface area contributed by atoms with Gasteiger partial charge in [0.15, 0.2) is 0 Å². The van der Waals surface area contributed by atoms with Gasteiger partial charge in [-0.25, -0.2) is 4.98 Å². The standard InChI is InChI=1S/C20H21N3O4S/c1-14-18(23-20(27-14)16-5-7-17(26-2)8-6-16)12-28(25)13-19(24)22-11-15-4-3-9-21-10-15/h3-10H,11-13H2,1-2H3,(H,22,24)/t28-/m1/s1. The molecule has 2 aromatic heterocycles. The molecule has 0 bridgehead atoms. The number of hydrogen-bond acceptors (Lipinski definition) is 6. The predicted molar refractivity (Wildman–Crippen MR) is 106 cm³/mol. The van der Waals surface area contributed by atoms with Crippen LogP contribution in [0.25, 0.3) is 11.5 Å². The molecule has 3 aromatic rings. The van der Waals surface area contributed by atoms with Crippen molar-refractivity contribution in [1.82, 2.24) is 15.3 Å². The lowest BCUT2D eigenvalue weighted by atomic mass is 10.2. The number of hydrogen-bond donors (Lipinski definition) is 1. The highest BCUT2D eigenvalue weighted by molar-refractivity contribution is 7.84. The first-order valence-electron chi connectivity index (χ1n) is 8.66. The summed E-state index contributed by atoms with van der Waals surface area (Å²) < 4.78 is 23.2. The molecule has 0 aliphatic carbocycles. The van der Waals surface area contributed by atoms with Crippen LogP contribution in [0.1, 0.15) is 17.0 Å². The number of benzene rings is 1. The lowest BCUT2D eigenvalue weighted by molar-refractivity contribution is -0.118. The van der Waals surface area contributed by atoms with Crippen molar-refractivity contribution >= 4 is 16.7 Å². The molecule has 1 aromatic carbocycles. The lowest BCUT2D eigenvalue weighted by Crippen LogP contribution is -2.28. The Morgan fingerprint density at radius 3 is 2.71 bits per heavy atom. The smallest absolute Gasteiger partial charge is 0.232 e. The Hall–Kier alpha value is -3.00. The second kappa shape index (κ2) is 9.27. The number of ether oxygens (including phenoxy) is 1. The van der Waals surface area contributed by atoms with Crippen LogP contribution >= 0.6 is 0 Å². The number of methoxy groups -OCH3 is 1. The fourth-order valence-electron chi connectivity index (χ4n) is 2.52. The van der Waals surface area contributed by atoms with Gasteiger partial charge in [0.05, 0.1) is 18.6 Å². The number of aryl methyl sites for hydroxylation is 1. The maximum atomic E-state index is 12.4. The van der Waals surface area contributed by atoms with Gasteiger partial charge in [-0.05, 0) is 42.8 Å². The molecule has 146 valence electrons. The summed E-state index contributed by atoms with van der Waals surface area (Å²) in [4.78, 5) is 20.4. The summed E-state index contributed by atoms with van der Waals surface area (Å²) in [5.41, 5.74) is 2.28. The average Bonchev–Trinajstić information content (AvgIpc) is 3.07. The second-order valence-corrected chi connectivity index (χ2v) is 7.57. The van der Waals surface area contributed by atoms with E-state index in [0.717, 1.165) is 16.9 Å². The molecule has 0 saturated heterocycles. The van der Waals surface area contributed by atoms with Gasteiger partial charge in [0.1, 0.15) is 17.3 Å². The van der Waals surface area contributed by atoms with E-state index < -0.39 is 10.8 Å². The largest absolute Gasteiger partial charge is 0.497 e. The van der Waals surface area contributed by atoms with Crippen molar-refractivity contribution in [1.29, 1.82) is 0 Å². The van der Waals surface area contributed by atoms with Crippen molar-refractivity contribution in [2.24, 2.45) is 0 Å². The molecule has 8 heteroatoms. The van der Waals surface area contributed by atoms with Gasteiger partial charge in [0.25, 0.3) is 0 Å². The minimum absolute atomic E-state index is 0.0928. The molecular formula is C20H21N3O4S. The third-order valence-electron chi connectivity index (χ3n) is 4.03. The Morgan fingerprint density at radius 2 is 2.04 bits per heavy atom. The predicted octanol–water partition coefficient (Wildman–Crippen LogP) is 2.62. The number of oxazole rings is 1. The van der Waals surface area contributed by atoms with Crippen molar-refractivity contribution in [3.63, 3.8) is 0 Å². The summed E-state index contributed by atoms with van der Waals surface area (Å²) in [6, 6.07) is 11.0. The highest BCUT2D eigenvalue weighted by Crippen LogP contribution is 2.24. The first-order valence-corrected chi connectivity index (χ1v) is 10.2. The van der Waals surface area contributed by atoms with Gasteiger partial charge in [-0.15, -0.1) is 0 Å². The number of nitrogens with one attached hydrogen (secondary N) is 1. The lowest BCUT2D eigenvalue weighted by Gasteiger charge is -2.04. The van der Waals surface area contributed by atoms with Crippen molar-refractivity contribution in [3.8, 4) is 17.2 Å². The number of nitrogens with zero attached hydrogens (tertiary/aromatic N) is 2. The third kappa shape index (κ3) is 5.26. The highest BCUT2D eigenvalue weighted by Gasteiger charge is 2.16. The Labute approximate surface area is 165 Å². The normalized spacial score (nSPS) is 11.8. The molecule has 0 radical (unpaired) electrons. The fourth-order valence-corrected chi connectivity index (χ4v) is 3.59. The maximum absolute atomic E-state index is 12.4. The monoisotopic (exact) mass is 399 g/mol. The molecule has 1 amide bonds. The fraction of sp³-hybridized carbons (Fsp3) is 0.250. The molecule has 7 nitrogen and oxygen atoms in total. The van der Waals surface area contributed by atoms with Crippen LogP contribution in [-0.2, 0) is 27.9 Å². The van der Waals surface area contributed by atoms with Crippen molar-refractivity contribution in [2.45, 2.75) is 19.2 Å². The van der Waals surface area contributed by atoms with Gasteiger partial charge < -0.3 is 14.5 Å². The van der Waals surface area contributed by atoms with Crippen LogP contribution in [0, 0.1) is 6.92 Å². The number of pyridine rings is 1. The molecule has 0 unspecified atom stereocenters. The number of carbonyl (C=O) groups is 1. The zero-order valence-corrected chi connectivity index (χ0v) is 16.5. The quantitative estimate of drug-likeness (QED) is 0.626. The van der Waals surface area contributed by atoms with E-state index in [0.29, 0.717) is 23.9 Å². The van der Waals surface area contributed by atoms with Gasteiger partial charge in [-0.1, -0.05) is 6.07 Å². The molecule has 0 fully saturated rings. The van der Waals surface area contributed by atoms with Crippen LogP contribution in [0.3, 0.4) is 0 Å². The number of rotatable bonds is 8. The molecule has 2 heterocycles. The van der Waals surface area contributed by atoms with Gasteiger partial charge >= 0.3 is 0 Å². The molecule has 3 rings (SSSR count). The van der Waals surface area contributed by atoms with Gasteiger partial charge in [-0.2, -0.15) is 0 Å². The van der Waals surface area contributed by atoms with E-state index in [1.807, 2.05) is 30.3 Å². The van der Waals surface area contributed by atoms with Crippen molar-refractivity contribution in [3.05, 3.63) is 65.8 Å². The van der Waals surface area contributed by atoms with E-state index in [4.69, 9.17) is 9.15 Å². The molecule has 0 spiro atoms. The molecule has 1 N–H and O–H groups in total. The summed E-state index contributed by atoms with van der Waals surface area (Å²) >= 11 is 0. The van der Waals surface area contributed by atoms with E-state index in [9.17, 15) is 9.00 Å². The number of amides is 1. The first kappa shape index (κ1) is 19.8. The summed E-state index contributed by atoms with van der Waals surface area (Å²) in [5, 5.41) is 2.74. The van der Waals surface area contributed by atoms with Crippen LogP contribution in [-0.4, -0.2) is 32.9 Å². The van der Waals surface area contributed by atoms with Crippen LogP contribution in [0.5, 0.6) is 5.75 Å². The number of aromatic nitrogens is 2. The Balaban J connectivity index is 1.56. The molecule has 1 atom stereocenters. The van der Waals surface area contributed by atoms with E-state index >= 15 is 0 Å². The molecule has 28 heavy (non-hydrogen) atoms. The highest BCUT2D eigenvalue weighted by atomic mass is 32.2. The molecule has 0 saturated carbocycles. The van der Waals surface area contributed by atoms with Crippen LogP contribution in [0.15, 0.2) is 53.2 Å². The number of carbonyl (C=O) groups excluding carboxylic acids is 1. The van der Waals surface area contributed by atoms with E-state index in [1.54, 1.807) is 32.5 Å². The minimum atomic E-state index is -1.39. The average molecular weight is 399 g/mol. The minimum Gasteiger partial charge on any atom is -0.497 e. The van der Waals surface area contributed by atoms with Gasteiger partial charge in [0, 0.05) is 35.3 Å². The SMILES string of the molecule is COc1ccc(-c2nc(C[S@@](=O)CC(=O)NCc3cccnc3)c(C)o2)cc1. The summed E-state index contributed by atoms with van der Waals surface area (Å²) in [6.45, 7) is 2.13.